The van der Waals surface area contributed by atoms with Crippen LogP contribution in [0.4, 0.5) is 9.18 Å². The molecule has 0 aliphatic carbocycles. The molecule has 0 aromatic carbocycles. The maximum atomic E-state index is 13.7. The SMILES string of the molecule is [2H]C([2H])([2H])N(C(=O)OC(C)(C)C)[C@@H](CC(C)(C)F)C(=O)O. The molecule has 0 saturated carbocycles. The highest BCUT2D eigenvalue weighted by molar-refractivity contribution is 5.80. The summed E-state index contributed by atoms with van der Waals surface area (Å²) in [6.45, 7) is 3.69. The van der Waals surface area contributed by atoms with Crippen molar-refractivity contribution in [2.24, 2.45) is 0 Å². The van der Waals surface area contributed by atoms with Gasteiger partial charge in [0.25, 0.3) is 0 Å². The predicted molar refractivity (Wildman–Crippen MR) is 65.2 cm³/mol. The zero-order valence-electron chi connectivity index (χ0n) is 14.3. The number of likely N-dealkylation sites (N-methyl/N-ethyl adjacent to an activating group) is 1. The number of hydrogen-bond donors (Lipinski definition) is 1. The van der Waals surface area contributed by atoms with Gasteiger partial charge in [-0.1, -0.05) is 0 Å². The molecule has 0 unspecified atom stereocenters. The third-order valence-corrected chi connectivity index (χ3v) is 1.87. The van der Waals surface area contributed by atoms with E-state index in [1.165, 1.54) is 20.8 Å². The fourth-order valence-corrected chi connectivity index (χ4v) is 1.19. The van der Waals surface area contributed by atoms with Crippen LogP contribution in [-0.2, 0) is 9.53 Å². The number of aliphatic carboxylic acids is 1. The summed E-state index contributed by atoms with van der Waals surface area (Å²) < 4.78 is 40.6. The minimum Gasteiger partial charge on any atom is -0.480 e. The van der Waals surface area contributed by atoms with Crippen molar-refractivity contribution in [1.82, 2.24) is 4.90 Å². The molecular formula is C12H22FNO4. The van der Waals surface area contributed by atoms with Crippen LogP contribution in [0.15, 0.2) is 0 Å². The van der Waals surface area contributed by atoms with E-state index >= 15 is 0 Å². The maximum Gasteiger partial charge on any atom is 0.410 e. The van der Waals surface area contributed by atoms with E-state index in [4.69, 9.17) is 14.0 Å². The van der Waals surface area contributed by atoms with Gasteiger partial charge in [0.05, 0.1) is 0 Å². The molecule has 1 N–H and O–H groups in total. The van der Waals surface area contributed by atoms with Crippen molar-refractivity contribution in [3.8, 4) is 0 Å². The summed E-state index contributed by atoms with van der Waals surface area (Å²) in [5.74, 6) is -1.61. The van der Waals surface area contributed by atoms with Crippen molar-refractivity contribution >= 4 is 12.1 Å². The molecule has 5 nitrogen and oxygen atoms in total. The Kier molecular flexibility index (Phi) is 3.61. The fraction of sp³-hybridized carbons (Fsp3) is 0.833. The number of nitrogens with zero attached hydrogens (tertiary/aromatic N) is 1. The number of alkyl halides is 1. The topological polar surface area (TPSA) is 66.8 Å². The number of amides is 1. The molecule has 0 aromatic rings. The van der Waals surface area contributed by atoms with Gasteiger partial charge in [-0.15, -0.1) is 0 Å². The fourth-order valence-electron chi connectivity index (χ4n) is 1.19. The van der Waals surface area contributed by atoms with E-state index in [-0.39, 0.29) is 4.90 Å². The number of hydrogen-bond acceptors (Lipinski definition) is 3. The molecular weight excluding hydrogens is 241 g/mol. The Balaban J connectivity index is 5.57. The normalized spacial score (nSPS) is 17.1. The van der Waals surface area contributed by atoms with Crippen LogP contribution in [-0.4, -0.2) is 46.4 Å². The molecule has 0 spiro atoms. The molecule has 0 bridgehead atoms. The standard InChI is InChI=1S/C12H22FNO4/c1-11(2,3)18-10(17)14(6)8(9(15)16)7-12(4,5)13/h8H,7H2,1-6H3,(H,15,16)/t8-/m0/s1/i6D3. The largest absolute Gasteiger partial charge is 0.480 e. The first-order valence-corrected chi connectivity index (χ1v) is 5.48. The molecule has 0 aliphatic rings. The number of carboxylic acid groups (broad SMARTS) is 1. The Bertz CT molecular complexity index is 399. The third-order valence-electron chi connectivity index (χ3n) is 1.87. The summed E-state index contributed by atoms with van der Waals surface area (Å²) in [5, 5.41) is 9.15. The molecule has 0 radical (unpaired) electrons. The van der Waals surface area contributed by atoms with Gasteiger partial charge in [0, 0.05) is 17.5 Å². The Hall–Kier alpha value is -1.33. The lowest BCUT2D eigenvalue weighted by Gasteiger charge is -2.30. The highest BCUT2D eigenvalue weighted by Gasteiger charge is 2.34. The Morgan fingerprint density at radius 3 is 2.17 bits per heavy atom. The van der Waals surface area contributed by atoms with Gasteiger partial charge >= 0.3 is 12.1 Å². The zero-order chi connectivity index (χ0) is 17.2. The lowest BCUT2D eigenvalue weighted by molar-refractivity contribution is -0.144. The van der Waals surface area contributed by atoms with E-state index < -0.39 is 42.8 Å². The molecule has 0 aromatic heterocycles. The van der Waals surface area contributed by atoms with Crippen molar-refractivity contribution in [2.45, 2.75) is 58.4 Å². The van der Waals surface area contributed by atoms with Crippen LogP contribution in [0.5, 0.6) is 0 Å². The van der Waals surface area contributed by atoms with Gasteiger partial charge in [-0.3, -0.25) is 4.90 Å². The minimum absolute atomic E-state index is 0.0991. The highest BCUT2D eigenvalue weighted by atomic mass is 19.1. The lowest BCUT2D eigenvalue weighted by Crippen LogP contribution is -2.47. The van der Waals surface area contributed by atoms with Crippen LogP contribution < -0.4 is 0 Å². The van der Waals surface area contributed by atoms with Crippen LogP contribution in [0.25, 0.3) is 0 Å². The average Bonchev–Trinajstić information content (AvgIpc) is 2.08. The first-order chi connectivity index (χ1) is 9.04. The van der Waals surface area contributed by atoms with Gasteiger partial charge in [-0.2, -0.15) is 0 Å². The van der Waals surface area contributed by atoms with E-state index in [0.29, 0.717) is 0 Å². The Morgan fingerprint density at radius 1 is 1.39 bits per heavy atom. The molecule has 0 aliphatic heterocycles. The van der Waals surface area contributed by atoms with Crippen LogP contribution in [0.3, 0.4) is 0 Å². The lowest BCUT2D eigenvalue weighted by atomic mass is 10.0. The van der Waals surface area contributed by atoms with Gasteiger partial charge < -0.3 is 9.84 Å². The second kappa shape index (κ2) is 5.54. The minimum atomic E-state index is -3.06. The van der Waals surface area contributed by atoms with Gasteiger partial charge in [0.2, 0.25) is 0 Å². The molecule has 0 fully saturated rings. The summed E-state index contributed by atoms with van der Waals surface area (Å²) in [4.78, 5) is 23.4. The van der Waals surface area contributed by atoms with E-state index in [1.54, 1.807) is 0 Å². The van der Waals surface area contributed by atoms with Crippen molar-refractivity contribution in [2.75, 3.05) is 6.98 Å². The quantitative estimate of drug-likeness (QED) is 0.848. The summed E-state index contributed by atoms with van der Waals surface area (Å²) in [6.07, 6.45) is -1.99. The third kappa shape index (κ3) is 6.42. The average molecular weight is 266 g/mol. The van der Waals surface area contributed by atoms with Crippen LogP contribution >= 0.6 is 0 Å². The zero-order valence-corrected chi connectivity index (χ0v) is 11.3. The first-order valence-electron chi connectivity index (χ1n) is 6.98. The number of carbonyl (C=O) groups excluding carboxylic acids is 1. The second-order valence-corrected chi connectivity index (χ2v) is 5.63. The van der Waals surface area contributed by atoms with E-state index in [2.05, 4.69) is 0 Å². The smallest absolute Gasteiger partial charge is 0.410 e. The van der Waals surface area contributed by atoms with E-state index in [9.17, 15) is 14.0 Å². The molecule has 1 amide bonds. The molecule has 0 heterocycles. The summed E-state index contributed by atoms with van der Waals surface area (Å²) >= 11 is 0. The summed E-state index contributed by atoms with van der Waals surface area (Å²) in [5.41, 5.74) is -2.97. The number of carbonyl (C=O) groups is 2. The monoisotopic (exact) mass is 266 g/mol. The van der Waals surface area contributed by atoms with Crippen molar-refractivity contribution in [1.29, 1.82) is 0 Å². The predicted octanol–water partition coefficient (Wildman–Crippen LogP) is 2.44. The van der Waals surface area contributed by atoms with E-state index in [1.807, 2.05) is 0 Å². The van der Waals surface area contributed by atoms with Gasteiger partial charge in [-0.05, 0) is 34.6 Å². The number of halogens is 1. The first kappa shape index (κ1) is 11.7. The number of rotatable bonds is 4. The summed E-state index contributed by atoms with van der Waals surface area (Å²) in [6, 6.07) is -1.85. The van der Waals surface area contributed by atoms with Crippen molar-refractivity contribution in [3.05, 3.63) is 0 Å². The molecule has 6 heteroatoms. The van der Waals surface area contributed by atoms with Crippen LogP contribution in [0.2, 0.25) is 0 Å². The van der Waals surface area contributed by atoms with Gasteiger partial charge in [0.1, 0.15) is 17.3 Å². The number of ether oxygens (including phenoxy) is 1. The number of carboxylic acids is 1. The molecule has 0 rings (SSSR count). The molecule has 1 atom stereocenters. The van der Waals surface area contributed by atoms with Gasteiger partial charge in [0.15, 0.2) is 0 Å². The molecule has 0 saturated heterocycles. The van der Waals surface area contributed by atoms with Crippen LogP contribution in [0, 0.1) is 0 Å². The molecule has 106 valence electrons. The van der Waals surface area contributed by atoms with Crippen LogP contribution in [0.1, 0.15) is 45.2 Å². The van der Waals surface area contributed by atoms with Crippen molar-refractivity contribution in [3.63, 3.8) is 0 Å². The van der Waals surface area contributed by atoms with E-state index in [0.717, 1.165) is 13.8 Å². The van der Waals surface area contributed by atoms with Crippen molar-refractivity contribution < 1.29 is 27.9 Å². The maximum absolute atomic E-state index is 13.7. The molecule has 18 heavy (non-hydrogen) atoms. The Morgan fingerprint density at radius 2 is 1.89 bits per heavy atom. The highest BCUT2D eigenvalue weighted by Crippen LogP contribution is 2.21. The second-order valence-electron chi connectivity index (χ2n) is 5.63. The van der Waals surface area contributed by atoms with Gasteiger partial charge in [-0.25, -0.2) is 14.0 Å². The summed E-state index contributed by atoms with van der Waals surface area (Å²) in [7, 11) is 0. The Labute approximate surface area is 111 Å².